The molecule has 0 aliphatic carbocycles. The van der Waals surface area contributed by atoms with Gasteiger partial charge in [0.25, 0.3) is 5.91 Å². The van der Waals surface area contributed by atoms with Gasteiger partial charge in [0.05, 0.1) is 36.4 Å². The Hall–Kier alpha value is -4.44. The van der Waals surface area contributed by atoms with E-state index in [2.05, 4.69) is 11.6 Å². The van der Waals surface area contributed by atoms with Crippen LogP contribution in [-0.4, -0.2) is 37.2 Å². The van der Waals surface area contributed by atoms with Crippen molar-refractivity contribution >= 4 is 39.3 Å². The van der Waals surface area contributed by atoms with E-state index in [-0.39, 0.29) is 33.4 Å². The van der Waals surface area contributed by atoms with Gasteiger partial charge in [-0.25, -0.2) is 9.78 Å². The highest BCUT2D eigenvalue weighted by Crippen LogP contribution is 2.44. The number of amides is 1. The maximum Gasteiger partial charge on any atom is 0.350 e. The van der Waals surface area contributed by atoms with Gasteiger partial charge < -0.3 is 18.6 Å². The van der Waals surface area contributed by atoms with Crippen LogP contribution in [0, 0.1) is 6.92 Å². The van der Waals surface area contributed by atoms with Crippen LogP contribution in [-0.2, 0) is 4.74 Å². The number of rotatable bonds is 8. The quantitative estimate of drug-likeness (QED) is 0.229. The standard InChI is InChI=1S/C28H24N2O7S/c1-5-13-36-27(33)25-15(3)29-28(38-25)30-22(16-11-12-19(35-6-2)20(14-16)34-4)21-23(31)17-9-7-8-10-18(17)37-24(21)26(30)32/h5,7-12,14,22H,1,6,13H2,2-4H3. The smallest absolute Gasteiger partial charge is 0.350 e. The van der Waals surface area contributed by atoms with Crippen LogP contribution in [0.2, 0.25) is 0 Å². The van der Waals surface area contributed by atoms with Gasteiger partial charge in [0, 0.05) is 0 Å². The molecule has 0 bridgehead atoms. The monoisotopic (exact) mass is 532 g/mol. The molecule has 1 aliphatic heterocycles. The number of benzene rings is 2. The summed E-state index contributed by atoms with van der Waals surface area (Å²) in [5, 5.41) is 0.582. The SMILES string of the molecule is C=CCOC(=O)c1sc(N2C(=O)c3oc4ccccc4c(=O)c3C2c2ccc(OCC)c(OC)c2)nc1C. The summed E-state index contributed by atoms with van der Waals surface area (Å²) in [7, 11) is 1.51. The molecule has 3 heterocycles. The lowest BCUT2D eigenvalue weighted by Crippen LogP contribution is -2.29. The lowest BCUT2D eigenvalue weighted by Gasteiger charge is -2.23. The third-order valence-corrected chi connectivity index (χ3v) is 7.23. The van der Waals surface area contributed by atoms with Crippen molar-refractivity contribution in [1.82, 2.24) is 4.98 Å². The topological polar surface area (TPSA) is 108 Å². The van der Waals surface area contributed by atoms with Crippen molar-refractivity contribution in [2.45, 2.75) is 19.9 Å². The first-order chi connectivity index (χ1) is 18.4. The lowest BCUT2D eigenvalue weighted by atomic mass is 9.98. The molecule has 2 aromatic carbocycles. The Balaban J connectivity index is 1.72. The van der Waals surface area contributed by atoms with Crippen LogP contribution in [0.1, 0.15) is 50.0 Å². The fourth-order valence-electron chi connectivity index (χ4n) is 4.44. The Labute approximate surface area is 221 Å². The van der Waals surface area contributed by atoms with Gasteiger partial charge in [0.2, 0.25) is 5.76 Å². The van der Waals surface area contributed by atoms with Crippen molar-refractivity contribution < 1.29 is 28.2 Å². The first kappa shape index (κ1) is 25.2. The number of anilines is 1. The van der Waals surface area contributed by atoms with E-state index >= 15 is 0 Å². The Morgan fingerprint density at radius 3 is 2.74 bits per heavy atom. The summed E-state index contributed by atoms with van der Waals surface area (Å²) in [6, 6.07) is 11.1. The number of methoxy groups -OCH3 is 1. The molecule has 38 heavy (non-hydrogen) atoms. The van der Waals surface area contributed by atoms with E-state index in [0.717, 1.165) is 11.3 Å². The van der Waals surface area contributed by atoms with Gasteiger partial charge in [-0.1, -0.05) is 42.2 Å². The van der Waals surface area contributed by atoms with Crippen molar-refractivity contribution in [3.8, 4) is 11.5 Å². The molecule has 0 radical (unpaired) electrons. The maximum absolute atomic E-state index is 13.8. The number of hydrogen-bond acceptors (Lipinski definition) is 9. The summed E-state index contributed by atoms with van der Waals surface area (Å²) < 4.78 is 22.4. The number of hydrogen-bond donors (Lipinski definition) is 0. The minimum absolute atomic E-state index is 0.0409. The first-order valence-corrected chi connectivity index (χ1v) is 12.7. The number of fused-ring (bicyclic) bond motifs is 2. The molecular weight excluding hydrogens is 508 g/mol. The predicted octanol–water partition coefficient (Wildman–Crippen LogP) is 5.06. The largest absolute Gasteiger partial charge is 0.493 e. The number of nitrogens with zero attached hydrogens (tertiary/aromatic N) is 2. The third-order valence-electron chi connectivity index (χ3n) is 6.09. The summed E-state index contributed by atoms with van der Waals surface area (Å²) in [6.07, 6.45) is 1.47. The van der Waals surface area contributed by atoms with E-state index in [1.807, 2.05) is 6.92 Å². The Morgan fingerprint density at radius 2 is 2.00 bits per heavy atom. The second kappa shape index (κ2) is 10.1. The second-order valence-corrected chi connectivity index (χ2v) is 9.37. The Bertz CT molecular complexity index is 1640. The minimum Gasteiger partial charge on any atom is -0.493 e. The molecule has 10 heteroatoms. The molecular formula is C28H24N2O7S. The number of aromatic nitrogens is 1. The van der Waals surface area contributed by atoms with E-state index in [4.69, 9.17) is 18.6 Å². The lowest BCUT2D eigenvalue weighted by molar-refractivity contribution is 0.0554. The van der Waals surface area contributed by atoms with Crippen molar-refractivity contribution in [3.05, 3.63) is 92.8 Å². The zero-order valence-corrected chi connectivity index (χ0v) is 21.8. The van der Waals surface area contributed by atoms with Crippen molar-refractivity contribution in [2.75, 3.05) is 25.2 Å². The van der Waals surface area contributed by atoms with Gasteiger partial charge in [-0.05, 0) is 43.7 Å². The number of thiazole rings is 1. The molecule has 4 aromatic rings. The molecule has 1 unspecified atom stereocenters. The highest BCUT2D eigenvalue weighted by Gasteiger charge is 2.45. The molecule has 2 aromatic heterocycles. The van der Waals surface area contributed by atoms with E-state index in [9.17, 15) is 14.4 Å². The Morgan fingerprint density at radius 1 is 1.21 bits per heavy atom. The summed E-state index contributed by atoms with van der Waals surface area (Å²) in [6.45, 7) is 7.55. The van der Waals surface area contributed by atoms with Crippen LogP contribution in [0.3, 0.4) is 0 Å². The second-order valence-electron chi connectivity index (χ2n) is 8.39. The van der Waals surface area contributed by atoms with Crippen LogP contribution in [0.25, 0.3) is 11.0 Å². The molecule has 194 valence electrons. The summed E-state index contributed by atoms with van der Waals surface area (Å²) >= 11 is 1.00. The average Bonchev–Trinajstić information content (AvgIpc) is 3.45. The number of para-hydroxylation sites is 1. The molecule has 1 aliphatic rings. The molecule has 0 fully saturated rings. The fourth-order valence-corrected chi connectivity index (χ4v) is 5.42. The molecule has 0 saturated carbocycles. The maximum atomic E-state index is 13.8. The van der Waals surface area contributed by atoms with Crippen molar-refractivity contribution in [1.29, 1.82) is 0 Å². The number of aryl methyl sites for hydroxylation is 1. The van der Waals surface area contributed by atoms with E-state index < -0.39 is 17.9 Å². The first-order valence-electron chi connectivity index (χ1n) is 11.8. The highest BCUT2D eigenvalue weighted by atomic mass is 32.1. The zero-order chi connectivity index (χ0) is 27.0. The number of carbonyl (C=O) groups excluding carboxylic acids is 2. The van der Waals surface area contributed by atoms with Crippen molar-refractivity contribution in [3.63, 3.8) is 0 Å². The summed E-state index contributed by atoms with van der Waals surface area (Å²) in [5.74, 6) is -0.220. The normalized spacial score (nSPS) is 14.4. The minimum atomic E-state index is -0.884. The van der Waals surface area contributed by atoms with Crippen LogP contribution in [0.4, 0.5) is 5.13 Å². The average molecular weight is 533 g/mol. The van der Waals surface area contributed by atoms with Crippen LogP contribution in [0.15, 0.2) is 64.3 Å². The van der Waals surface area contributed by atoms with Crippen LogP contribution < -0.4 is 19.8 Å². The van der Waals surface area contributed by atoms with Crippen LogP contribution in [0.5, 0.6) is 11.5 Å². The van der Waals surface area contributed by atoms with Gasteiger partial charge in [0.15, 0.2) is 22.1 Å². The van der Waals surface area contributed by atoms with Gasteiger partial charge in [-0.2, -0.15) is 0 Å². The summed E-state index contributed by atoms with van der Waals surface area (Å²) in [5.41, 5.74) is 1.15. The number of esters is 1. The molecule has 0 spiro atoms. The van der Waals surface area contributed by atoms with Crippen molar-refractivity contribution in [2.24, 2.45) is 0 Å². The van der Waals surface area contributed by atoms with Gasteiger partial charge >= 0.3 is 5.97 Å². The zero-order valence-electron chi connectivity index (χ0n) is 21.0. The molecule has 9 nitrogen and oxygen atoms in total. The molecule has 0 saturated heterocycles. The van der Waals surface area contributed by atoms with E-state index in [1.165, 1.54) is 18.1 Å². The van der Waals surface area contributed by atoms with Crippen LogP contribution >= 0.6 is 11.3 Å². The molecule has 1 atom stereocenters. The molecule has 1 amide bonds. The molecule has 0 N–H and O–H groups in total. The van der Waals surface area contributed by atoms with Gasteiger partial charge in [-0.3, -0.25) is 14.5 Å². The fraction of sp³-hybridized carbons (Fsp3) is 0.214. The highest BCUT2D eigenvalue weighted by molar-refractivity contribution is 7.17. The number of carbonyl (C=O) groups is 2. The molecule has 5 rings (SSSR count). The van der Waals surface area contributed by atoms with Gasteiger partial charge in [0.1, 0.15) is 17.1 Å². The van der Waals surface area contributed by atoms with E-state index in [1.54, 1.807) is 49.4 Å². The number of ether oxygens (including phenoxy) is 3. The van der Waals surface area contributed by atoms with E-state index in [0.29, 0.717) is 40.3 Å². The third kappa shape index (κ3) is 4.12. The summed E-state index contributed by atoms with van der Waals surface area (Å²) in [4.78, 5) is 46.3. The predicted molar refractivity (Wildman–Crippen MR) is 143 cm³/mol. The Kier molecular flexibility index (Phi) is 6.73. The van der Waals surface area contributed by atoms with Gasteiger partial charge in [-0.15, -0.1) is 0 Å².